The first-order valence-electron chi connectivity index (χ1n) is 6.43. The molecule has 6 heteroatoms. The number of carbonyl (C=O) groups is 1. The Kier molecular flexibility index (Phi) is 2.98. The molecule has 1 aromatic carbocycles. The Bertz CT molecular complexity index is 763. The molecule has 1 aliphatic rings. The number of aryl methyl sites for hydroxylation is 1. The Balaban J connectivity index is 2.24. The highest BCUT2D eigenvalue weighted by atomic mass is 19.1. The smallest absolute Gasteiger partial charge is 0.336 e. The maximum Gasteiger partial charge on any atom is 0.336 e. The number of esters is 1. The van der Waals surface area contributed by atoms with E-state index in [1.807, 2.05) is 6.07 Å². The van der Waals surface area contributed by atoms with Crippen LogP contribution >= 0.6 is 0 Å². The lowest BCUT2D eigenvalue weighted by Gasteiger charge is -2.29. The molecule has 1 atom stereocenters. The highest BCUT2D eigenvalue weighted by molar-refractivity contribution is 5.84. The van der Waals surface area contributed by atoms with Gasteiger partial charge in [-0.05, 0) is 25.0 Å². The number of methoxy groups -OCH3 is 1. The van der Waals surface area contributed by atoms with Crippen molar-refractivity contribution in [3.63, 3.8) is 0 Å². The van der Waals surface area contributed by atoms with E-state index >= 15 is 0 Å². The van der Waals surface area contributed by atoms with Gasteiger partial charge < -0.3 is 9.30 Å². The summed E-state index contributed by atoms with van der Waals surface area (Å²) in [5.74, 6) is -1.14. The average Bonchev–Trinajstić information content (AvgIpc) is 3.09. The molecular formula is C15H12FN3O2. The third-order valence-corrected chi connectivity index (χ3v) is 3.94. The number of nitrogens with zero attached hydrogens (tertiary/aromatic N) is 3. The first-order valence-corrected chi connectivity index (χ1v) is 6.43. The summed E-state index contributed by atoms with van der Waals surface area (Å²) < 4.78 is 21.0. The molecule has 0 saturated heterocycles. The number of benzene rings is 1. The second kappa shape index (κ2) is 4.70. The van der Waals surface area contributed by atoms with Gasteiger partial charge in [0.2, 0.25) is 0 Å². The minimum atomic E-state index is -1.25. The molecule has 0 saturated carbocycles. The zero-order valence-electron chi connectivity index (χ0n) is 11.3. The Hall–Kier alpha value is -2.68. The maximum absolute atomic E-state index is 14.4. The minimum absolute atomic E-state index is 0.199. The summed E-state index contributed by atoms with van der Waals surface area (Å²) in [6, 6.07) is 5.98. The fourth-order valence-electron chi connectivity index (χ4n) is 2.94. The van der Waals surface area contributed by atoms with Crippen molar-refractivity contribution in [1.29, 1.82) is 5.26 Å². The quantitative estimate of drug-likeness (QED) is 0.788. The summed E-state index contributed by atoms with van der Waals surface area (Å²) in [5.41, 5.74) is 0.00735. The zero-order chi connectivity index (χ0) is 15.0. The maximum atomic E-state index is 14.4. The molecule has 106 valence electrons. The van der Waals surface area contributed by atoms with Crippen LogP contribution in [0.5, 0.6) is 0 Å². The van der Waals surface area contributed by atoms with Gasteiger partial charge in [0.25, 0.3) is 0 Å². The van der Waals surface area contributed by atoms with Crippen molar-refractivity contribution in [3.05, 3.63) is 53.4 Å². The van der Waals surface area contributed by atoms with Gasteiger partial charge in [-0.25, -0.2) is 14.2 Å². The number of ether oxygens (including phenoxy) is 1. The molecule has 0 spiro atoms. The summed E-state index contributed by atoms with van der Waals surface area (Å²) in [6.07, 6.45) is 4.18. The van der Waals surface area contributed by atoms with Gasteiger partial charge in [-0.2, -0.15) is 5.26 Å². The molecule has 0 amide bonds. The Morgan fingerprint density at radius 3 is 3.05 bits per heavy atom. The van der Waals surface area contributed by atoms with Gasteiger partial charge in [0.15, 0.2) is 5.54 Å². The lowest BCUT2D eigenvalue weighted by atomic mass is 9.86. The Morgan fingerprint density at radius 2 is 2.38 bits per heavy atom. The highest BCUT2D eigenvalue weighted by Gasteiger charge is 2.49. The fourth-order valence-corrected chi connectivity index (χ4v) is 2.94. The number of rotatable bonds is 2. The largest absolute Gasteiger partial charge is 0.467 e. The van der Waals surface area contributed by atoms with Crippen molar-refractivity contribution >= 4 is 5.97 Å². The minimum Gasteiger partial charge on any atom is -0.467 e. The second-order valence-electron chi connectivity index (χ2n) is 4.91. The van der Waals surface area contributed by atoms with Gasteiger partial charge in [0.1, 0.15) is 5.82 Å². The molecule has 1 aromatic heterocycles. The monoisotopic (exact) mass is 285 g/mol. The summed E-state index contributed by atoms with van der Waals surface area (Å²) in [4.78, 5) is 16.4. The summed E-state index contributed by atoms with van der Waals surface area (Å²) in [7, 11) is 1.28. The number of carbonyl (C=O) groups excluding carboxylic acids is 1. The van der Waals surface area contributed by atoms with Crippen LogP contribution in [0.25, 0.3) is 0 Å². The van der Waals surface area contributed by atoms with Crippen LogP contribution in [0.2, 0.25) is 0 Å². The predicted octanol–water partition coefficient (Wildman–Crippen LogP) is 1.76. The van der Waals surface area contributed by atoms with Gasteiger partial charge in [-0.1, -0.05) is 6.07 Å². The van der Waals surface area contributed by atoms with E-state index in [4.69, 9.17) is 10.00 Å². The Labute approximate surface area is 120 Å². The molecule has 0 radical (unpaired) electrons. The molecule has 21 heavy (non-hydrogen) atoms. The van der Waals surface area contributed by atoms with E-state index in [9.17, 15) is 9.18 Å². The van der Waals surface area contributed by atoms with Crippen LogP contribution in [0.3, 0.4) is 0 Å². The second-order valence-corrected chi connectivity index (χ2v) is 4.91. The van der Waals surface area contributed by atoms with Crippen LogP contribution in [0.1, 0.15) is 23.2 Å². The molecule has 1 unspecified atom stereocenters. The predicted molar refractivity (Wildman–Crippen MR) is 70.8 cm³/mol. The molecular weight excluding hydrogens is 273 g/mol. The zero-order valence-corrected chi connectivity index (χ0v) is 11.3. The Morgan fingerprint density at radius 1 is 1.57 bits per heavy atom. The summed E-state index contributed by atoms with van der Waals surface area (Å²) in [5, 5.41) is 8.84. The first kappa shape index (κ1) is 13.3. The van der Waals surface area contributed by atoms with Crippen LogP contribution in [0.4, 0.5) is 4.39 Å². The summed E-state index contributed by atoms with van der Waals surface area (Å²) >= 11 is 0. The van der Waals surface area contributed by atoms with Crippen molar-refractivity contribution < 1.29 is 13.9 Å². The number of hydrogen-bond donors (Lipinski definition) is 0. The molecule has 5 nitrogen and oxygen atoms in total. The van der Waals surface area contributed by atoms with E-state index in [1.54, 1.807) is 10.8 Å². The number of hydrogen-bond acceptors (Lipinski definition) is 4. The van der Waals surface area contributed by atoms with Crippen LogP contribution in [0.15, 0.2) is 30.7 Å². The number of fused-ring (bicyclic) bond motifs is 1. The van der Waals surface area contributed by atoms with E-state index in [0.717, 1.165) is 11.8 Å². The van der Waals surface area contributed by atoms with Gasteiger partial charge in [-0.3, -0.25) is 0 Å². The van der Waals surface area contributed by atoms with E-state index < -0.39 is 17.3 Å². The van der Waals surface area contributed by atoms with Gasteiger partial charge >= 0.3 is 5.97 Å². The van der Waals surface area contributed by atoms with E-state index in [1.165, 1.54) is 25.6 Å². The molecule has 2 heterocycles. The van der Waals surface area contributed by atoms with Crippen LogP contribution in [-0.2, 0) is 21.5 Å². The SMILES string of the molecule is COC(=O)C1(c2ccc(C#N)cc2F)CCc2cncn21. The molecule has 1 aliphatic heterocycles. The third kappa shape index (κ3) is 1.74. The number of halogens is 1. The van der Waals surface area contributed by atoms with Crippen LogP contribution in [-0.4, -0.2) is 22.6 Å². The first-order chi connectivity index (χ1) is 10.1. The lowest BCUT2D eigenvalue weighted by Crippen LogP contribution is -2.42. The fraction of sp³-hybridized carbons (Fsp3) is 0.267. The van der Waals surface area contributed by atoms with Crippen molar-refractivity contribution in [1.82, 2.24) is 9.55 Å². The molecule has 0 bridgehead atoms. The number of imidazole rings is 1. The van der Waals surface area contributed by atoms with E-state index in [2.05, 4.69) is 4.98 Å². The summed E-state index contributed by atoms with van der Waals surface area (Å²) in [6.45, 7) is 0. The van der Waals surface area contributed by atoms with Crippen molar-refractivity contribution in [3.8, 4) is 6.07 Å². The van der Waals surface area contributed by atoms with Gasteiger partial charge in [0.05, 0.1) is 25.1 Å². The topological polar surface area (TPSA) is 67.9 Å². The average molecular weight is 285 g/mol. The van der Waals surface area contributed by atoms with Gasteiger partial charge in [-0.15, -0.1) is 0 Å². The van der Waals surface area contributed by atoms with Gasteiger partial charge in [0, 0.05) is 17.5 Å². The molecule has 0 fully saturated rings. The standard InChI is InChI=1S/C15H12FN3O2/c1-21-14(20)15(5-4-11-8-18-9-19(11)15)12-3-2-10(7-17)6-13(12)16/h2-3,6,8-9H,4-5H2,1H3. The molecule has 0 aliphatic carbocycles. The number of aromatic nitrogens is 2. The lowest BCUT2D eigenvalue weighted by molar-refractivity contribution is -0.148. The van der Waals surface area contributed by atoms with Crippen molar-refractivity contribution in [2.45, 2.75) is 18.4 Å². The van der Waals surface area contributed by atoms with Crippen molar-refractivity contribution in [2.24, 2.45) is 0 Å². The van der Waals surface area contributed by atoms with Crippen LogP contribution < -0.4 is 0 Å². The van der Waals surface area contributed by atoms with E-state index in [0.29, 0.717) is 12.8 Å². The highest BCUT2D eigenvalue weighted by Crippen LogP contribution is 2.40. The normalized spacial score (nSPS) is 19.9. The number of nitriles is 1. The van der Waals surface area contributed by atoms with Crippen molar-refractivity contribution in [2.75, 3.05) is 7.11 Å². The third-order valence-electron chi connectivity index (χ3n) is 3.94. The van der Waals surface area contributed by atoms with E-state index in [-0.39, 0.29) is 11.1 Å². The molecule has 2 aromatic rings. The molecule has 3 rings (SSSR count). The van der Waals surface area contributed by atoms with Crippen LogP contribution in [0, 0.1) is 17.1 Å². The molecule has 0 N–H and O–H groups in total.